The van der Waals surface area contributed by atoms with E-state index in [-0.39, 0.29) is 11.5 Å². The summed E-state index contributed by atoms with van der Waals surface area (Å²) < 4.78 is 13.4. The van der Waals surface area contributed by atoms with Crippen LogP contribution in [-0.2, 0) is 17.8 Å². The molecule has 32 heavy (non-hydrogen) atoms. The molecule has 0 radical (unpaired) electrons. The van der Waals surface area contributed by atoms with Crippen molar-refractivity contribution in [2.75, 3.05) is 20.8 Å². The van der Waals surface area contributed by atoms with E-state index in [1.54, 1.807) is 43.3 Å². The van der Waals surface area contributed by atoms with Crippen molar-refractivity contribution in [2.24, 2.45) is 0 Å². The largest absolute Gasteiger partial charge is 0.497 e. The number of amides is 1. The lowest BCUT2D eigenvalue weighted by molar-refractivity contribution is 0.0950. The summed E-state index contributed by atoms with van der Waals surface area (Å²) in [5.74, 6) is 0.439. The summed E-state index contributed by atoms with van der Waals surface area (Å²) in [6.45, 7) is 1.28. The molecule has 0 fully saturated rings. The summed E-state index contributed by atoms with van der Waals surface area (Å²) in [4.78, 5) is 26.2. The van der Waals surface area contributed by atoms with Crippen molar-refractivity contribution in [2.45, 2.75) is 13.1 Å². The molecule has 2 heterocycles. The number of hydrogen-bond donors (Lipinski definition) is 1. The molecule has 1 N–H and O–H groups in total. The number of hydrogen-bond acceptors (Lipinski definition) is 5. The van der Waals surface area contributed by atoms with Crippen molar-refractivity contribution in [3.8, 4) is 22.7 Å². The number of rotatable bonds is 8. The fraction of sp³-hybridized carbons (Fsp3) is 0.208. The Kier molecular flexibility index (Phi) is 6.32. The second-order valence-corrected chi connectivity index (χ2v) is 7.25. The number of fused-ring (bicyclic) bond motifs is 1. The predicted molar refractivity (Wildman–Crippen MR) is 120 cm³/mol. The monoisotopic (exact) mass is 432 g/mol. The van der Waals surface area contributed by atoms with Gasteiger partial charge in [-0.15, -0.1) is 0 Å². The summed E-state index contributed by atoms with van der Waals surface area (Å²) in [6, 6.07) is 16.6. The Hall–Kier alpha value is -3.91. The molecule has 0 atom stereocenters. The third kappa shape index (κ3) is 4.40. The van der Waals surface area contributed by atoms with Crippen LogP contribution in [0.4, 0.5) is 0 Å². The predicted octanol–water partition coefficient (Wildman–Crippen LogP) is 2.72. The van der Waals surface area contributed by atoms with Crippen LogP contribution in [0, 0.1) is 0 Å². The minimum absolute atomic E-state index is 0.276. The summed E-state index contributed by atoms with van der Waals surface area (Å²) in [6.07, 6.45) is 3.41. The Morgan fingerprint density at radius 3 is 2.47 bits per heavy atom. The zero-order valence-electron chi connectivity index (χ0n) is 17.9. The van der Waals surface area contributed by atoms with Crippen LogP contribution in [-0.4, -0.2) is 41.1 Å². The lowest BCUT2D eigenvalue weighted by atomic mass is 10.1. The molecule has 2 aromatic rings. The van der Waals surface area contributed by atoms with E-state index in [0.717, 1.165) is 11.3 Å². The molecule has 0 unspecified atom stereocenters. The quantitative estimate of drug-likeness (QED) is 0.463. The van der Waals surface area contributed by atoms with Gasteiger partial charge in [0.05, 0.1) is 30.5 Å². The van der Waals surface area contributed by atoms with Gasteiger partial charge in [0, 0.05) is 32.6 Å². The minimum Gasteiger partial charge on any atom is -0.497 e. The standard InChI is InChI=1S/C24H24N4O4/c1-31-13-12-27-15-20(23(29)25-14-17-8-10-19(32-2)11-9-17)22-21(16-27)24(30)28(26-22)18-6-4-3-5-7-18/h3-11,15-16H,12-14H2,1-2H3,(H,25,29). The molecule has 8 nitrogen and oxygen atoms in total. The molecule has 0 aliphatic carbocycles. The first-order valence-corrected chi connectivity index (χ1v) is 10.2. The molecule has 0 aromatic heterocycles. The van der Waals surface area contributed by atoms with Crippen LogP contribution in [0.3, 0.4) is 0 Å². The highest BCUT2D eigenvalue weighted by Gasteiger charge is 2.24. The highest BCUT2D eigenvalue weighted by molar-refractivity contribution is 5.99. The molecule has 2 aromatic carbocycles. The average Bonchev–Trinajstić information content (AvgIpc) is 3.18. The molecular formula is C24H24N4O4. The Bertz CT molecular complexity index is 1230. The number of benzene rings is 2. The summed E-state index contributed by atoms with van der Waals surface area (Å²) in [5, 5.41) is 7.41. The Morgan fingerprint density at radius 2 is 1.78 bits per heavy atom. The normalized spacial score (nSPS) is 10.9. The van der Waals surface area contributed by atoms with Gasteiger partial charge in [-0.1, -0.05) is 30.3 Å². The van der Waals surface area contributed by atoms with E-state index in [1.165, 1.54) is 4.68 Å². The number of methoxy groups -OCH3 is 2. The van der Waals surface area contributed by atoms with Crippen LogP contribution in [0.5, 0.6) is 5.75 Å². The van der Waals surface area contributed by atoms with E-state index in [0.29, 0.717) is 42.2 Å². The number of aromatic nitrogens is 3. The first-order valence-electron chi connectivity index (χ1n) is 10.2. The number of nitrogens with one attached hydrogen (secondary N) is 1. The van der Waals surface area contributed by atoms with E-state index in [4.69, 9.17) is 9.47 Å². The van der Waals surface area contributed by atoms with Crippen molar-refractivity contribution in [1.29, 1.82) is 0 Å². The molecule has 0 bridgehead atoms. The number of ether oxygens (including phenoxy) is 2. The molecule has 1 amide bonds. The zero-order chi connectivity index (χ0) is 22.5. The molecule has 8 heteroatoms. The Morgan fingerprint density at radius 1 is 1.03 bits per heavy atom. The minimum atomic E-state index is -0.310. The first-order chi connectivity index (χ1) is 15.6. The van der Waals surface area contributed by atoms with E-state index in [2.05, 4.69) is 10.4 Å². The maximum atomic E-state index is 13.1. The lowest BCUT2D eigenvalue weighted by Crippen LogP contribution is -2.25. The van der Waals surface area contributed by atoms with E-state index >= 15 is 0 Å². The Labute approximate surface area is 185 Å². The van der Waals surface area contributed by atoms with Gasteiger partial charge in [-0.3, -0.25) is 9.59 Å². The second-order valence-electron chi connectivity index (χ2n) is 7.25. The third-order valence-electron chi connectivity index (χ3n) is 5.13. The third-order valence-corrected chi connectivity index (χ3v) is 5.13. The number of nitrogens with zero attached hydrogens (tertiary/aromatic N) is 3. The van der Waals surface area contributed by atoms with Crippen LogP contribution in [0.2, 0.25) is 0 Å². The summed E-state index contributed by atoms with van der Waals surface area (Å²) >= 11 is 0. The van der Waals surface area contributed by atoms with Crippen LogP contribution in [0.15, 0.2) is 71.8 Å². The van der Waals surface area contributed by atoms with Crippen LogP contribution in [0.25, 0.3) is 16.9 Å². The lowest BCUT2D eigenvalue weighted by Gasteiger charge is -2.13. The molecule has 0 saturated carbocycles. The molecular weight excluding hydrogens is 408 g/mol. The van der Waals surface area contributed by atoms with E-state index < -0.39 is 0 Å². The van der Waals surface area contributed by atoms with Crippen LogP contribution in [0.1, 0.15) is 15.9 Å². The summed E-state index contributed by atoms with van der Waals surface area (Å²) in [5.41, 5.74) is 2.36. The van der Waals surface area contributed by atoms with Crippen LogP contribution < -0.4 is 15.6 Å². The maximum absolute atomic E-state index is 13.1. The maximum Gasteiger partial charge on any atom is 0.282 e. The van der Waals surface area contributed by atoms with Crippen molar-refractivity contribution >= 4 is 5.91 Å². The molecule has 0 spiro atoms. The molecule has 4 rings (SSSR count). The SMILES string of the molecule is COCCn1cc(C(=O)NCc2ccc(OC)cc2)c2nn(-c3ccccc3)c(=O)c-2c1. The van der Waals surface area contributed by atoms with Gasteiger partial charge in [0.2, 0.25) is 0 Å². The van der Waals surface area contributed by atoms with Crippen LogP contribution >= 0.6 is 0 Å². The highest BCUT2D eigenvalue weighted by atomic mass is 16.5. The number of para-hydroxylation sites is 1. The van der Waals surface area contributed by atoms with Crippen molar-refractivity contribution < 1.29 is 14.3 Å². The van der Waals surface area contributed by atoms with Gasteiger partial charge in [0.1, 0.15) is 11.4 Å². The van der Waals surface area contributed by atoms with Crippen molar-refractivity contribution in [3.63, 3.8) is 0 Å². The van der Waals surface area contributed by atoms with Gasteiger partial charge in [-0.2, -0.15) is 9.78 Å². The van der Waals surface area contributed by atoms with Crippen molar-refractivity contribution in [1.82, 2.24) is 19.7 Å². The number of carbonyl (C=O) groups excluding carboxylic acids is 1. The molecule has 0 saturated heterocycles. The molecule has 164 valence electrons. The topological polar surface area (TPSA) is 87.4 Å². The van der Waals surface area contributed by atoms with E-state index in [9.17, 15) is 9.59 Å². The van der Waals surface area contributed by atoms with Gasteiger partial charge in [-0.25, -0.2) is 0 Å². The zero-order valence-corrected chi connectivity index (χ0v) is 17.9. The smallest absolute Gasteiger partial charge is 0.282 e. The fourth-order valence-electron chi connectivity index (χ4n) is 3.42. The van der Waals surface area contributed by atoms with Crippen molar-refractivity contribution in [3.05, 3.63) is 88.5 Å². The average molecular weight is 432 g/mol. The van der Waals surface area contributed by atoms with E-state index in [1.807, 2.05) is 42.5 Å². The molecule has 2 aliphatic heterocycles. The molecule has 2 aliphatic rings. The number of carbonyl (C=O) groups is 1. The highest BCUT2D eigenvalue weighted by Crippen LogP contribution is 2.22. The van der Waals surface area contributed by atoms with Gasteiger partial charge in [0.25, 0.3) is 11.5 Å². The van der Waals surface area contributed by atoms with Gasteiger partial charge < -0.3 is 19.4 Å². The fourth-order valence-corrected chi connectivity index (χ4v) is 3.42. The van der Waals surface area contributed by atoms with Gasteiger partial charge in [0.15, 0.2) is 0 Å². The van der Waals surface area contributed by atoms with Gasteiger partial charge in [-0.05, 0) is 29.8 Å². The first kappa shape index (κ1) is 21.3. The second kappa shape index (κ2) is 9.49. The summed E-state index contributed by atoms with van der Waals surface area (Å²) in [7, 11) is 3.21. The van der Waals surface area contributed by atoms with Gasteiger partial charge >= 0.3 is 0 Å². The Balaban J connectivity index is 1.69. The number of pyridine rings is 1.